The Bertz CT molecular complexity index is 770. The molecule has 7 nitrogen and oxygen atoms in total. The molecule has 0 saturated carbocycles. The molecule has 1 fully saturated rings. The van der Waals surface area contributed by atoms with Gasteiger partial charge in [0.05, 0.1) is 29.1 Å². The van der Waals surface area contributed by atoms with E-state index in [4.69, 9.17) is 16.3 Å². The molecule has 2 aromatic rings. The molecule has 24 heavy (non-hydrogen) atoms. The maximum atomic E-state index is 12.1. The summed E-state index contributed by atoms with van der Waals surface area (Å²) in [5.74, 6) is -0.0895. The highest BCUT2D eigenvalue weighted by Crippen LogP contribution is 2.22. The topological polar surface area (TPSA) is 89.0 Å². The van der Waals surface area contributed by atoms with E-state index in [2.05, 4.69) is 15.5 Å². The van der Waals surface area contributed by atoms with Crippen molar-refractivity contribution in [2.24, 2.45) is 0 Å². The first kappa shape index (κ1) is 17.1. The average Bonchev–Trinajstić information content (AvgIpc) is 3.19. The van der Waals surface area contributed by atoms with Crippen molar-refractivity contribution >= 4 is 35.0 Å². The van der Waals surface area contributed by atoms with Crippen molar-refractivity contribution in [2.75, 3.05) is 17.7 Å². The van der Waals surface area contributed by atoms with E-state index in [1.54, 1.807) is 24.3 Å². The number of anilines is 1. The van der Waals surface area contributed by atoms with E-state index >= 15 is 0 Å². The molecule has 1 atom stereocenters. The number of para-hydroxylation sites is 1. The van der Waals surface area contributed by atoms with E-state index in [1.165, 1.54) is 16.3 Å². The van der Waals surface area contributed by atoms with E-state index in [0.29, 0.717) is 22.4 Å². The summed E-state index contributed by atoms with van der Waals surface area (Å²) in [7, 11) is 0. The molecule has 3 rings (SSSR count). The fourth-order valence-corrected chi connectivity index (χ4v) is 3.38. The number of thioether (sulfide) groups is 1. The number of amides is 1. The van der Waals surface area contributed by atoms with Crippen LogP contribution in [-0.4, -0.2) is 39.1 Å². The third kappa shape index (κ3) is 4.19. The molecule has 0 radical (unpaired) electrons. The van der Waals surface area contributed by atoms with Crippen LogP contribution in [0.3, 0.4) is 0 Å². The van der Waals surface area contributed by atoms with Crippen molar-refractivity contribution in [2.45, 2.75) is 30.6 Å². The van der Waals surface area contributed by atoms with Crippen LogP contribution in [0, 0.1) is 0 Å². The van der Waals surface area contributed by atoms with Crippen LogP contribution in [-0.2, 0) is 16.1 Å². The van der Waals surface area contributed by atoms with Gasteiger partial charge in [0.15, 0.2) is 5.16 Å². The molecule has 1 aromatic heterocycles. The van der Waals surface area contributed by atoms with Gasteiger partial charge in [-0.3, -0.25) is 9.36 Å². The summed E-state index contributed by atoms with van der Waals surface area (Å²) in [5, 5.41) is 10.1. The largest absolute Gasteiger partial charge is 0.376 e. The highest BCUT2D eigenvalue weighted by atomic mass is 35.5. The Kier molecular flexibility index (Phi) is 5.60. The molecule has 1 saturated heterocycles. The normalized spacial score (nSPS) is 17.1. The monoisotopic (exact) mass is 368 g/mol. The molecule has 1 unspecified atom stereocenters. The van der Waals surface area contributed by atoms with Crippen LogP contribution in [0.4, 0.5) is 5.69 Å². The number of carbonyl (C=O) groups is 1. The van der Waals surface area contributed by atoms with Gasteiger partial charge in [0, 0.05) is 6.61 Å². The number of benzene rings is 1. The van der Waals surface area contributed by atoms with Gasteiger partial charge in [0.2, 0.25) is 5.91 Å². The van der Waals surface area contributed by atoms with Crippen LogP contribution < -0.4 is 11.0 Å². The quantitative estimate of drug-likeness (QED) is 0.762. The third-order valence-corrected chi connectivity index (χ3v) is 4.92. The van der Waals surface area contributed by atoms with Gasteiger partial charge >= 0.3 is 5.69 Å². The number of hydrogen-bond acceptors (Lipinski definition) is 5. The molecule has 0 spiro atoms. The molecular weight excluding hydrogens is 352 g/mol. The lowest BCUT2D eigenvalue weighted by Gasteiger charge is -2.11. The van der Waals surface area contributed by atoms with E-state index in [9.17, 15) is 9.59 Å². The van der Waals surface area contributed by atoms with Crippen molar-refractivity contribution in [3.63, 3.8) is 0 Å². The maximum Gasteiger partial charge on any atom is 0.344 e. The number of carbonyl (C=O) groups excluding carboxylic acids is 1. The van der Waals surface area contributed by atoms with Crippen molar-refractivity contribution in [3.05, 3.63) is 39.8 Å². The molecule has 1 amide bonds. The zero-order valence-electron chi connectivity index (χ0n) is 12.8. The van der Waals surface area contributed by atoms with Crippen LogP contribution in [0.25, 0.3) is 0 Å². The summed E-state index contributed by atoms with van der Waals surface area (Å²) in [5.41, 5.74) is 0.267. The van der Waals surface area contributed by atoms with Crippen molar-refractivity contribution in [3.8, 4) is 0 Å². The van der Waals surface area contributed by atoms with Crippen LogP contribution in [0.2, 0.25) is 5.02 Å². The minimum atomic E-state index is -0.292. The predicted octanol–water partition coefficient (Wildman–Crippen LogP) is 2.13. The van der Waals surface area contributed by atoms with E-state index in [0.717, 1.165) is 19.4 Å². The molecule has 2 heterocycles. The summed E-state index contributed by atoms with van der Waals surface area (Å²) in [6, 6.07) is 7.02. The number of ether oxygens (including phenoxy) is 1. The van der Waals surface area contributed by atoms with Crippen molar-refractivity contribution in [1.82, 2.24) is 14.8 Å². The fourth-order valence-electron chi connectivity index (χ4n) is 2.45. The van der Waals surface area contributed by atoms with Gasteiger partial charge < -0.3 is 10.1 Å². The number of halogens is 1. The second-order valence-electron chi connectivity index (χ2n) is 5.37. The number of aromatic nitrogens is 3. The van der Waals surface area contributed by atoms with Gasteiger partial charge in [-0.2, -0.15) is 0 Å². The lowest BCUT2D eigenvalue weighted by molar-refractivity contribution is -0.113. The predicted molar refractivity (Wildman–Crippen MR) is 92.6 cm³/mol. The lowest BCUT2D eigenvalue weighted by atomic mass is 10.2. The number of hydrogen-bond donors (Lipinski definition) is 2. The molecule has 1 aliphatic rings. The van der Waals surface area contributed by atoms with Gasteiger partial charge in [0.1, 0.15) is 0 Å². The zero-order valence-corrected chi connectivity index (χ0v) is 14.4. The van der Waals surface area contributed by atoms with E-state index in [1.807, 2.05) is 0 Å². The Morgan fingerprint density at radius 3 is 3.08 bits per heavy atom. The van der Waals surface area contributed by atoms with Gasteiger partial charge in [-0.15, -0.1) is 5.10 Å². The summed E-state index contributed by atoms with van der Waals surface area (Å²) in [6.45, 7) is 1.17. The molecule has 1 aromatic carbocycles. The highest BCUT2D eigenvalue weighted by Gasteiger charge is 2.20. The summed E-state index contributed by atoms with van der Waals surface area (Å²) >= 11 is 7.21. The van der Waals surface area contributed by atoms with E-state index < -0.39 is 0 Å². The summed E-state index contributed by atoms with van der Waals surface area (Å²) in [6.07, 6.45) is 1.95. The van der Waals surface area contributed by atoms with E-state index in [-0.39, 0.29) is 23.5 Å². The van der Waals surface area contributed by atoms with Crippen LogP contribution in [0.15, 0.2) is 34.2 Å². The van der Waals surface area contributed by atoms with Gasteiger partial charge in [0.25, 0.3) is 0 Å². The first-order valence-corrected chi connectivity index (χ1v) is 8.94. The molecule has 2 N–H and O–H groups in total. The second kappa shape index (κ2) is 7.87. The molecule has 128 valence electrons. The molecule has 1 aliphatic heterocycles. The number of nitrogens with one attached hydrogen (secondary N) is 2. The Balaban J connectivity index is 1.59. The average molecular weight is 369 g/mol. The summed E-state index contributed by atoms with van der Waals surface area (Å²) < 4.78 is 7.07. The number of aromatic amines is 1. The minimum absolute atomic E-state index is 0.0246. The molecule has 0 bridgehead atoms. The first-order chi connectivity index (χ1) is 11.6. The van der Waals surface area contributed by atoms with Crippen LogP contribution in [0.1, 0.15) is 12.8 Å². The molecular formula is C15H17ClN4O3S. The maximum absolute atomic E-state index is 12.1. The van der Waals surface area contributed by atoms with Crippen LogP contribution in [0.5, 0.6) is 0 Å². The Hall–Kier alpha value is -1.77. The molecule has 9 heteroatoms. The van der Waals surface area contributed by atoms with Gasteiger partial charge in [-0.1, -0.05) is 35.5 Å². The Labute approximate surface area is 147 Å². The zero-order chi connectivity index (χ0) is 16.9. The number of nitrogens with zero attached hydrogens (tertiary/aromatic N) is 2. The molecule has 0 aliphatic carbocycles. The highest BCUT2D eigenvalue weighted by molar-refractivity contribution is 7.99. The van der Waals surface area contributed by atoms with Crippen molar-refractivity contribution in [1.29, 1.82) is 0 Å². The number of rotatable bonds is 6. The first-order valence-electron chi connectivity index (χ1n) is 7.57. The minimum Gasteiger partial charge on any atom is -0.376 e. The van der Waals surface area contributed by atoms with Crippen molar-refractivity contribution < 1.29 is 9.53 Å². The SMILES string of the molecule is O=C(CSc1n[nH]c(=O)n1CC1CCCO1)Nc1ccccc1Cl. The standard InChI is InChI=1S/C15H17ClN4O3S/c16-11-5-1-2-6-12(11)17-13(21)9-24-15-19-18-14(22)20(15)8-10-4-3-7-23-10/h1-2,5-6,10H,3-4,7-9H2,(H,17,21)(H,18,22). The fraction of sp³-hybridized carbons (Fsp3) is 0.400. The van der Waals surface area contributed by atoms with Gasteiger partial charge in [-0.25, -0.2) is 9.89 Å². The van der Waals surface area contributed by atoms with Gasteiger partial charge in [-0.05, 0) is 25.0 Å². The lowest BCUT2D eigenvalue weighted by Crippen LogP contribution is -2.25. The Morgan fingerprint density at radius 1 is 1.50 bits per heavy atom. The van der Waals surface area contributed by atoms with Crippen LogP contribution >= 0.6 is 23.4 Å². The second-order valence-corrected chi connectivity index (χ2v) is 6.72. The number of H-pyrrole nitrogens is 1. The Morgan fingerprint density at radius 2 is 2.33 bits per heavy atom. The summed E-state index contributed by atoms with van der Waals surface area (Å²) in [4.78, 5) is 23.9. The third-order valence-electron chi connectivity index (χ3n) is 3.61. The smallest absolute Gasteiger partial charge is 0.344 e.